The molecule has 1 aliphatic heterocycles. The van der Waals surface area contributed by atoms with E-state index in [1.807, 2.05) is 32.1 Å². The molecule has 0 bridgehead atoms. The molecule has 1 unspecified atom stereocenters. The average Bonchev–Trinajstić information content (AvgIpc) is 2.66. The number of carbonyl (C=O) groups excluding carboxylic acids is 2. The fourth-order valence-electron chi connectivity index (χ4n) is 3.00. The van der Waals surface area contributed by atoms with Crippen LogP contribution in [0.25, 0.3) is 6.08 Å². The topological polar surface area (TPSA) is 102 Å². The van der Waals surface area contributed by atoms with E-state index in [4.69, 9.17) is 0 Å². The maximum absolute atomic E-state index is 12.3. The summed E-state index contributed by atoms with van der Waals surface area (Å²) in [7, 11) is 0. The summed E-state index contributed by atoms with van der Waals surface area (Å²) in [6.07, 6.45) is 2.30. The van der Waals surface area contributed by atoms with Crippen molar-refractivity contribution in [3.05, 3.63) is 73.8 Å². The minimum absolute atomic E-state index is 0.139. The second kappa shape index (κ2) is 7.49. The molecule has 0 saturated heterocycles. The number of fused-ring (bicyclic) bond motifs is 1. The fourth-order valence-corrected chi connectivity index (χ4v) is 3.00. The van der Waals surface area contributed by atoms with E-state index < -0.39 is 16.7 Å². The first-order valence-corrected chi connectivity index (χ1v) is 8.60. The number of benzene rings is 2. The van der Waals surface area contributed by atoms with E-state index in [1.165, 1.54) is 24.3 Å². The lowest BCUT2D eigenvalue weighted by atomic mass is 9.98. The molecule has 27 heavy (non-hydrogen) atoms. The maximum atomic E-state index is 12.3. The molecule has 0 aromatic heterocycles. The van der Waals surface area contributed by atoms with E-state index in [0.29, 0.717) is 6.42 Å². The third-order valence-electron chi connectivity index (χ3n) is 4.71. The second-order valence-electron chi connectivity index (χ2n) is 6.52. The molecular formula is C20H19N3O4. The summed E-state index contributed by atoms with van der Waals surface area (Å²) in [5.74, 6) is -1.03. The smallest absolute Gasteiger partial charge is 0.270 e. The van der Waals surface area contributed by atoms with Gasteiger partial charge in [0.15, 0.2) is 0 Å². The molecular weight excluding hydrogens is 346 g/mol. The third kappa shape index (κ3) is 3.92. The molecule has 2 aromatic rings. The van der Waals surface area contributed by atoms with Gasteiger partial charge in [0.25, 0.3) is 17.5 Å². The lowest BCUT2D eigenvalue weighted by Gasteiger charge is -2.14. The summed E-state index contributed by atoms with van der Waals surface area (Å²) in [5, 5.41) is 15.1. The fraction of sp³-hybridized carbons (Fsp3) is 0.250. The number of aryl methyl sites for hydroxylation is 1. The highest BCUT2D eigenvalue weighted by atomic mass is 16.6. The standard InChI is InChI=1S/C20H19N3O4/c1-12-6-7-14-10-16(20(25)22-18(14)13(12)2)8-9-21-19(24)15-4-3-5-17(11-15)23(26)27/h3-7,10-11,16H,8-9H2,1-2H3,(H,21,24). The molecule has 1 aliphatic rings. The molecule has 0 radical (unpaired) electrons. The molecule has 1 N–H and O–H groups in total. The van der Waals surface area contributed by atoms with Crippen molar-refractivity contribution in [1.82, 2.24) is 5.32 Å². The quantitative estimate of drug-likeness (QED) is 0.642. The van der Waals surface area contributed by atoms with Crippen LogP contribution in [0.2, 0.25) is 0 Å². The minimum atomic E-state index is -0.547. The van der Waals surface area contributed by atoms with Crippen LogP contribution in [0.1, 0.15) is 27.9 Å². The zero-order valence-corrected chi connectivity index (χ0v) is 15.1. The number of nitrogens with zero attached hydrogens (tertiary/aromatic N) is 2. The monoisotopic (exact) mass is 365 g/mol. The predicted octanol–water partition coefficient (Wildman–Crippen LogP) is 1.59. The van der Waals surface area contributed by atoms with E-state index in [0.717, 1.165) is 21.7 Å². The second-order valence-corrected chi connectivity index (χ2v) is 6.52. The van der Waals surface area contributed by atoms with E-state index in [2.05, 4.69) is 10.3 Å². The van der Waals surface area contributed by atoms with Gasteiger partial charge >= 0.3 is 0 Å². The van der Waals surface area contributed by atoms with Gasteiger partial charge in [-0.05, 0) is 42.7 Å². The van der Waals surface area contributed by atoms with Crippen LogP contribution in [-0.4, -0.2) is 23.3 Å². The molecule has 3 rings (SSSR count). The molecule has 0 aliphatic carbocycles. The number of hydrogen-bond donors (Lipinski definition) is 1. The van der Waals surface area contributed by atoms with Crippen LogP contribution >= 0.6 is 0 Å². The Morgan fingerprint density at radius 1 is 1.26 bits per heavy atom. The van der Waals surface area contributed by atoms with Gasteiger partial charge in [0.2, 0.25) is 0 Å². The van der Waals surface area contributed by atoms with Crippen LogP contribution in [0, 0.1) is 29.9 Å². The van der Waals surface area contributed by atoms with Crippen LogP contribution in [-0.2, 0) is 4.79 Å². The normalized spacial score (nSPS) is 15.3. The summed E-state index contributed by atoms with van der Waals surface area (Å²) in [6.45, 7) is 4.19. The lowest BCUT2D eigenvalue weighted by molar-refractivity contribution is -0.384. The van der Waals surface area contributed by atoms with Crippen LogP contribution in [0.4, 0.5) is 5.69 Å². The van der Waals surface area contributed by atoms with Crippen molar-refractivity contribution in [1.29, 1.82) is 0 Å². The van der Waals surface area contributed by atoms with Gasteiger partial charge in [0.1, 0.15) is 0 Å². The van der Waals surface area contributed by atoms with Gasteiger partial charge in [-0.2, -0.15) is 0 Å². The number of nitro benzene ring substituents is 1. The summed E-state index contributed by atoms with van der Waals surface area (Å²) < 4.78 is 0. The van der Waals surface area contributed by atoms with E-state index >= 15 is 0 Å². The van der Waals surface area contributed by atoms with Crippen LogP contribution < -0.4 is 15.9 Å². The van der Waals surface area contributed by atoms with Crippen molar-refractivity contribution < 1.29 is 14.5 Å². The summed E-state index contributed by atoms with van der Waals surface area (Å²) in [4.78, 5) is 38.9. The molecule has 7 heteroatoms. The number of amides is 2. The van der Waals surface area contributed by atoms with Gasteiger partial charge in [-0.25, -0.2) is 4.99 Å². The Labute approximate surface area is 155 Å². The van der Waals surface area contributed by atoms with E-state index in [1.54, 1.807) is 0 Å². The molecule has 0 saturated carbocycles. The first kappa shape index (κ1) is 18.4. The largest absolute Gasteiger partial charge is 0.352 e. The highest BCUT2D eigenvalue weighted by Gasteiger charge is 2.19. The number of non-ortho nitro benzene ring substituents is 1. The number of nitro groups is 1. The third-order valence-corrected chi connectivity index (χ3v) is 4.71. The van der Waals surface area contributed by atoms with Crippen molar-refractivity contribution >= 4 is 23.6 Å². The zero-order valence-electron chi connectivity index (χ0n) is 15.1. The molecule has 0 spiro atoms. The van der Waals surface area contributed by atoms with E-state index in [9.17, 15) is 19.7 Å². The van der Waals surface area contributed by atoms with Gasteiger partial charge in [0.05, 0.1) is 16.2 Å². The van der Waals surface area contributed by atoms with Crippen molar-refractivity contribution in [2.45, 2.75) is 20.3 Å². The Morgan fingerprint density at radius 2 is 2.04 bits per heavy atom. The van der Waals surface area contributed by atoms with Crippen molar-refractivity contribution in [3.8, 4) is 0 Å². The van der Waals surface area contributed by atoms with Crippen molar-refractivity contribution in [2.75, 3.05) is 6.54 Å². The highest BCUT2D eigenvalue weighted by Crippen LogP contribution is 2.14. The zero-order chi connectivity index (χ0) is 19.6. The minimum Gasteiger partial charge on any atom is -0.352 e. The van der Waals surface area contributed by atoms with Gasteiger partial charge in [0, 0.05) is 24.2 Å². The summed E-state index contributed by atoms with van der Waals surface area (Å²) in [6, 6.07) is 9.47. The van der Waals surface area contributed by atoms with Gasteiger partial charge in [-0.15, -0.1) is 0 Å². The Bertz CT molecular complexity index is 1060. The van der Waals surface area contributed by atoms with Crippen LogP contribution in [0.5, 0.6) is 0 Å². The molecule has 138 valence electrons. The maximum Gasteiger partial charge on any atom is 0.270 e. The van der Waals surface area contributed by atoms with Gasteiger partial charge < -0.3 is 5.32 Å². The predicted molar refractivity (Wildman–Crippen MR) is 99.7 cm³/mol. The van der Waals surface area contributed by atoms with E-state index in [-0.39, 0.29) is 23.7 Å². The molecule has 2 amide bonds. The number of hydrogen-bond acceptors (Lipinski definition) is 4. The molecule has 0 fully saturated rings. The lowest BCUT2D eigenvalue weighted by Crippen LogP contribution is -2.37. The highest BCUT2D eigenvalue weighted by molar-refractivity contribution is 5.94. The first-order chi connectivity index (χ1) is 12.9. The van der Waals surface area contributed by atoms with Crippen molar-refractivity contribution in [3.63, 3.8) is 0 Å². The van der Waals surface area contributed by atoms with Crippen LogP contribution in [0.15, 0.2) is 41.4 Å². The van der Waals surface area contributed by atoms with Crippen LogP contribution in [0.3, 0.4) is 0 Å². The molecule has 1 heterocycles. The molecule has 1 atom stereocenters. The number of nitrogens with one attached hydrogen (secondary N) is 1. The Kier molecular flexibility index (Phi) is 5.12. The van der Waals surface area contributed by atoms with Crippen molar-refractivity contribution in [2.24, 2.45) is 10.9 Å². The summed E-state index contributed by atoms with van der Waals surface area (Å²) in [5.41, 5.74) is 2.15. The Hall–Kier alpha value is -3.35. The summed E-state index contributed by atoms with van der Waals surface area (Å²) >= 11 is 0. The average molecular weight is 365 g/mol. The molecule has 7 nitrogen and oxygen atoms in total. The number of rotatable bonds is 5. The first-order valence-electron chi connectivity index (χ1n) is 8.60. The number of carbonyl (C=O) groups is 2. The van der Waals surface area contributed by atoms with Gasteiger partial charge in [-0.3, -0.25) is 19.7 Å². The Morgan fingerprint density at radius 3 is 2.78 bits per heavy atom. The Balaban J connectivity index is 1.67. The SMILES string of the molecule is Cc1ccc2c(c1C)=NC(=O)C(CCNC(=O)c1cccc([N+](=O)[O-])c1)C=2. The molecule has 2 aromatic carbocycles. The van der Waals surface area contributed by atoms with Gasteiger partial charge in [-0.1, -0.05) is 24.3 Å².